The van der Waals surface area contributed by atoms with Gasteiger partial charge in [0.25, 0.3) is 5.56 Å². The van der Waals surface area contributed by atoms with Crippen molar-refractivity contribution in [2.45, 2.75) is 24.3 Å². The normalized spacial score (nSPS) is 10.5. The highest BCUT2D eigenvalue weighted by Gasteiger charge is 2.17. The Morgan fingerprint density at radius 2 is 2.10 bits per heavy atom. The summed E-state index contributed by atoms with van der Waals surface area (Å²) in [5, 5.41) is 11.9. The van der Waals surface area contributed by atoms with Crippen molar-refractivity contribution >= 4 is 29.1 Å². The Morgan fingerprint density at radius 1 is 1.31 bits per heavy atom. The molecule has 2 aromatic heterocycles. The lowest BCUT2D eigenvalue weighted by molar-refractivity contribution is -0.142. The number of hydrogen-bond donors (Lipinski definition) is 0. The van der Waals surface area contributed by atoms with Crippen molar-refractivity contribution in [1.29, 1.82) is 5.26 Å². The van der Waals surface area contributed by atoms with Crippen LogP contribution < -0.4 is 5.56 Å². The summed E-state index contributed by atoms with van der Waals surface area (Å²) in [4.78, 5) is 29.0. The van der Waals surface area contributed by atoms with Crippen molar-refractivity contribution in [3.05, 3.63) is 68.8 Å². The highest BCUT2D eigenvalue weighted by atomic mass is 32.2. The smallest absolute Gasteiger partial charge is 0.310 e. The summed E-state index contributed by atoms with van der Waals surface area (Å²) in [5.41, 5.74) is 2.00. The molecule has 0 unspecified atom stereocenters. The number of esters is 1. The summed E-state index contributed by atoms with van der Waals surface area (Å²) in [7, 11) is 1.81. The first-order valence-corrected chi connectivity index (χ1v) is 10.8. The van der Waals surface area contributed by atoms with Gasteiger partial charge in [-0.3, -0.25) is 9.59 Å². The van der Waals surface area contributed by atoms with Gasteiger partial charge in [0.15, 0.2) is 5.16 Å². The van der Waals surface area contributed by atoms with Gasteiger partial charge in [-0.2, -0.15) is 10.2 Å². The van der Waals surface area contributed by atoms with E-state index in [1.807, 2.05) is 54.9 Å². The van der Waals surface area contributed by atoms with E-state index in [1.54, 1.807) is 11.5 Å². The summed E-state index contributed by atoms with van der Waals surface area (Å²) in [5.74, 6) is 0.321. The molecule has 0 bridgehead atoms. The molecule has 6 nitrogen and oxygen atoms in total. The van der Waals surface area contributed by atoms with Crippen molar-refractivity contribution in [2.75, 3.05) is 6.61 Å². The van der Waals surface area contributed by atoms with Crippen LogP contribution in [0.25, 0.3) is 10.6 Å². The lowest BCUT2D eigenvalue weighted by Crippen LogP contribution is -2.19. The molecule has 0 amide bonds. The predicted molar refractivity (Wildman–Crippen MR) is 114 cm³/mol. The molecule has 2 heterocycles. The van der Waals surface area contributed by atoms with Gasteiger partial charge in [0.2, 0.25) is 0 Å². The Bertz CT molecular complexity index is 1120. The van der Waals surface area contributed by atoms with E-state index in [0.29, 0.717) is 23.2 Å². The van der Waals surface area contributed by atoms with Gasteiger partial charge >= 0.3 is 5.97 Å². The maximum atomic E-state index is 12.4. The Kier molecular flexibility index (Phi) is 6.86. The number of thiophene rings is 1. The number of carbonyl (C=O) groups excluding carboxylic acids is 1. The first-order valence-electron chi connectivity index (χ1n) is 8.94. The summed E-state index contributed by atoms with van der Waals surface area (Å²) < 4.78 is 6.79. The maximum Gasteiger partial charge on any atom is 0.310 e. The highest BCUT2D eigenvalue weighted by molar-refractivity contribution is 7.98. The van der Waals surface area contributed by atoms with E-state index in [9.17, 15) is 14.9 Å². The lowest BCUT2D eigenvalue weighted by Gasteiger charge is -2.13. The first-order chi connectivity index (χ1) is 14.0. The number of aromatic nitrogens is 2. The maximum absolute atomic E-state index is 12.4. The minimum atomic E-state index is -0.521. The van der Waals surface area contributed by atoms with Crippen molar-refractivity contribution in [1.82, 2.24) is 9.55 Å². The van der Waals surface area contributed by atoms with E-state index < -0.39 is 5.56 Å². The number of nitrogens with zero attached hydrogens (tertiary/aromatic N) is 3. The average Bonchev–Trinajstić information content (AvgIpc) is 3.22. The van der Waals surface area contributed by atoms with Crippen LogP contribution in [0.3, 0.4) is 0 Å². The molecule has 0 fully saturated rings. The molecule has 0 saturated heterocycles. The summed E-state index contributed by atoms with van der Waals surface area (Å²) >= 11 is 2.89. The topological polar surface area (TPSA) is 85.0 Å². The van der Waals surface area contributed by atoms with Gasteiger partial charge in [0.05, 0.1) is 23.6 Å². The minimum Gasteiger partial charge on any atom is -0.466 e. The van der Waals surface area contributed by atoms with Crippen LogP contribution in [0.2, 0.25) is 0 Å². The van der Waals surface area contributed by atoms with E-state index in [-0.39, 0.29) is 18.0 Å². The largest absolute Gasteiger partial charge is 0.466 e. The van der Waals surface area contributed by atoms with Crippen LogP contribution in [0.1, 0.15) is 23.6 Å². The fourth-order valence-corrected chi connectivity index (χ4v) is 4.59. The zero-order valence-corrected chi connectivity index (χ0v) is 17.7. The van der Waals surface area contributed by atoms with E-state index in [4.69, 9.17) is 4.74 Å². The molecular formula is C21H19N3O3S2. The molecule has 8 heteroatoms. The number of ether oxygens (including phenoxy) is 1. The van der Waals surface area contributed by atoms with Crippen LogP contribution in [0.4, 0.5) is 0 Å². The molecular weight excluding hydrogens is 406 g/mol. The molecule has 1 aromatic carbocycles. The molecule has 3 rings (SSSR count). The summed E-state index contributed by atoms with van der Waals surface area (Å²) in [6.45, 7) is 2.14. The number of hydrogen-bond acceptors (Lipinski definition) is 7. The molecule has 0 N–H and O–H groups in total. The van der Waals surface area contributed by atoms with E-state index in [0.717, 1.165) is 16.0 Å². The second-order valence-electron chi connectivity index (χ2n) is 6.16. The van der Waals surface area contributed by atoms with Gasteiger partial charge in [0, 0.05) is 12.8 Å². The van der Waals surface area contributed by atoms with Gasteiger partial charge < -0.3 is 9.30 Å². The standard InChI is InChI=1S/C21H19N3O3S2/c1-3-27-18(25)11-14-6-4-7-15(10-14)13-29-21-23-20(26)16(12-22)19(24(21)2)17-8-5-9-28-17/h4-10H,3,11,13H2,1-2H3. The van der Waals surface area contributed by atoms with Gasteiger partial charge in [-0.15, -0.1) is 11.3 Å². The molecule has 148 valence electrons. The SMILES string of the molecule is CCOC(=O)Cc1cccc(CSc2nc(=O)c(C#N)c(-c3cccs3)n2C)c1. The lowest BCUT2D eigenvalue weighted by atomic mass is 10.1. The zero-order chi connectivity index (χ0) is 20.8. The molecule has 0 spiro atoms. The zero-order valence-electron chi connectivity index (χ0n) is 16.0. The monoisotopic (exact) mass is 425 g/mol. The Hall–Kier alpha value is -2.89. The number of carbonyl (C=O) groups is 1. The van der Waals surface area contributed by atoms with Gasteiger partial charge in [-0.05, 0) is 29.5 Å². The Morgan fingerprint density at radius 3 is 2.79 bits per heavy atom. The van der Waals surface area contributed by atoms with Crippen LogP contribution >= 0.6 is 23.1 Å². The molecule has 0 aliphatic heterocycles. The van der Waals surface area contributed by atoms with Crippen molar-refractivity contribution in [2.24, 2.45) is 7.05 Å². The molecule has 29 heavy (non-hydrogen) atoms. The third kappa shape index (κ3) is 4.94. The van der Waals surface area contributed by atoms with E-state index >= 15 is 0 Å². The van der Waals surface area contributed by atoms with Gasteiger partial charge in [-0.1, -0.05) is 42.1 Å². The van der Waals surface area contributed by atoms with Gasteiger partial charge in [-0.25, -0.2) is 0 Å². The fraction of sp³-hybridized carbons (Fsp3) is 0.238. The number of rotatable bonds is 7. The van der Waals surface area contributed by atoms with Crippen LogP contribution in [0, 0.1) is 11.3 Å². The van der Waals surface area contributed by atoms with Crippen LogP contribution in [0.15, 0.2) is 51.7 Å². The first kappa shape index (κ1) is 20.8. The Labute approximate surface area is 176 Å². The summed E-state index contributed by atoms with van der Waals surface area (Å²) in [6, 6.07) is 13.4. The molecule has 0 radical (unpaired) electrons. The molecule has 0 aliphatic rings. The molecule has 3 aromatic rings. The quantitative estimate of drug-likeness (QED) is 0.325. The number of benzene rings is 1. The molecule has 0 atom stereocenters. The predicted octanol–water partition coefficient (Wildman–Crippen LogP) is 3.78. The van der Waals surface area contributed by atoms with E-state index in [2.05, 4.69) is 4.98 Å². The minimum absolute atomic E-state index is 0.0516. The van der Waals surface area contributed by atoms with Crippen LogP contribution in [-0.2, 0) is 28.8 Å². The fourth-order valence-electron chi connectivity index (χ4n) is 2.87. The Balaban J connectivity index is 1.84. The van der Waals surface area contributed by atoms with E-state index in [1.165, 1.54) is 23.1 Å². The van der Waals surface area contributed by atoms with Crippen LogP contribution in [-0.4, -0.2) is 22.1 Å². The second-order valence-corrected chi connectivity index (χ2v) is 8.05. The van der Waals surface area contributed by atoms with Crippen molar-refractivity contribution < 1.29 is 9.53 Å². The number of thioether (sulfide) groups is 1. The third-order valence-electron chi connectivity index (χ3n) is 4.15. The average molecular weight is 426 g/mol. The number of nitriles is 1. The van der Waals surface area contributed by atoms with Crippen LogP contribution in [0.5, 0.6) is 0 Å². The summed E-state index contributed by atoms with van der Waals surface area (Å²) in [6.07, 6.45) is 0.225. The molecule has 0 aliphatic carbocycles. The third-order valence-corrected chi connectivity index (χ3v) is 6.13. The van der Waals surface area contributed by atoms with Gasteiger partial charge in [0.1, 0.15) is 11.6 Å². The van der Waals surface area contributed by atoms with Crippen molar-refractivity contribution in [3.8, 4) is 16.6 Å². The second kappa shape index (κ2) is 9.54. The highest BCUT2D eigenvalue weighted by Crippen LogP contribution is 2.29. The van der Waals surface area contributed by atoms with Crippen molar-refractivity contribution in [3.63, 3.8) is 0 Å². The molecule has 0 saturated carbocycles.